The molecule has 0 amide bonds. The van der Waals surface area contributed by atoms with Crippen molar-refractivity contribution >= 4 is 0 Å². The van der Waals surface area contributed by atoms with Crippen molar-refractivity contribution in [2.45, 2.75) is 63.1 Å². The molecule has 4 rings (SSSR count). The summed E-state index contributed by atoms with van der Waals surface area (Å²) in [6, 6.07) is 12.1. The molecule has 0 aliphatic carbocycles. The molecule has 7 nitrogen and oxygen atoms in total. The number of nitrogens with zero attached hydrogens (tertiary/aromatic N) is 1. The quantitative estimate of drug-likeness (QED) is 0.624. The summed E-state index contributed by atoms with van der Waals surface area (Å²) >= 11 is 0. The summed E-state index contributed by atoms with van der Waals surface area (Å²) in [5.41, 5.74) is 0.864. The van der Waals surface area contributed by atoms with Crippen LogP contribution in [0.1, 0.15) is 37.1 Å². The highest BCUT2D eigenvalue weighted by atomic mass is 16.5. The fourth-order valence-corrected chi connectivity index (χ4v) is 4.02. The number of ether oxygens (including phenoxy) is 2. The Hall–Kier alpha value is -1.93. The molecule has 1 aromatic carbocycles. The van der Waals surface area contributed by atoms with Crippen LogP contribution in [-0.4, -0.2) is 54.3 Å². The van der Waals surface area contributed by atoms with E-state index in [4.69, 9.17) is 14.0 Å². The molecule has 3 heterocycles. The van der Waals surface area contributed by atoms with Gasteiger partial charge in [-0.05, 0) is 50.9 Å². The van der Waals surface area contributed by atoms with Crippen LogP contribution in [0.2, 0.25) is 0 Å². The number of nitrogens with one attached hydrogen (secondary N) is 2. The summed E-state index contributed by atoms with van der Waals surface area (Å²) in [7, 11) is 0. The zero-order valence-corrected chi connectivity index (χ0v) is 16.8. The standard InChI is InChI=1S/C22H31N3O4/c26-21-7-6-19(28-22(21)14-24-16-8-10-23-11-9-16)12-17-13-20(29-25-17)15-27-18-4-2-1-3-5-18/h1-5,13,16,19,21-24,26H,6-12,14-15H2/t19-,21-,22+/m0/s1. The van der Waals surface area contributed by atoms with E-state index >= 15 is 0 Å². The first-order chi connectivity index (χ1) is 14.3. The lowest BCUT2D eigenvalue weighted by atomic mass is 9.97. The van der Waals surface area contributed by atoms with E-state index < -0.39 is 6.10 Å². The lowest BCUT2D eigenvalue weighted by Gasteiger charge is -2.35. The predicted octanol–water partition coefficient (Wildman–Crippen LogP) is 2.05. The Morgan fingerprint density at radius 3 is 2.79 bits per heavy atom. The van der Waals surface area contributed by atoms with Crippen LogP contribution >= 0.6 is 0 Å². The molecule has 2 aromatic rings. The van der Waals surface area contributed by atoms with Gasteiger partial charge in [0.15, 0.2) is 5.76 Å². The van der Waals surface area contributed by atoms with E-state index in [0.717, 1.165) is 50.2 Å². The van der Waals surface area contributed by atoms with Crippen LogP contribution < -0.4 is 15.4 Å². The minimum atomic E-state index is -0.410. The topological polar surface area (TPSA) is 88.8 Å². The van der Waals surface area contributed by atoms with Gasteiger partial charge in [0.2, 0.25) is 0 Å². The molecule has 158 valence electrons. The Labute approximate surface area is 171 Å². The highest BCUT2D eigenvalue weighted by Gasteiger charge is 2.31. The van der Waals surface area contributed by atoms with Gasteiger partial charge in [-0.3, -0.25) is 0 Å². The predicted molar refractivity (Wildman–Crippen MR) is 109 cm³/mol. The largest absolute Gasteiger partial charge is 0.486 e. The number of hydrogen-bond acceptors (Lipinski definition) is 7. The summed E-state index contributed by atoms with van der Waals surface area (Å²) in [5.74, 6) is 1.50. The summed E-state index contributed by atoms with van der Waals surface area (Å²) in [6.07, 6.45) is 3.98. The van der Waals surface area contributed by atoms with Crippen molar-refractivity contribution in [1.82, 2.24) is 15.8 Å². The molecule has 2 saturated heterocycles. The minimum Gasteiger partial charge on any atom is -0.486 e. The number of hydrogen-bond donors (Lipinski definition) is 3. The maximum atomic E-state index is 10.3. The molecule has 0 unspecified atom stereocenters. The van der Waals surface area contributed by atoms with Crippen LogP contribution in [0.4, 0.5) is 0 Å². The van der Waals surface area contributed by atoms with E-state index in [9.17, 15) is 5.11 Å². The van der Waals surface area contributed by atoms with E-state index in [1.807, 2.05) is 36.4 Å². The number of piperidine rings is 1. The van der Waals surface area contributed by atoms with E-state index in [0.29, 0.717) is 31.4 Å². The molecule has 7 heteroatoms. The van der Waals surface area contributed by atoms with Gasteiger partial charge in [-0.2, -0.15) is 0 Å². The first-order valence-corrected chi connectivity index (χ1v) is 10.7. The highest BCUT2D eigenvalue weighted by molar-refractivity contribution is 5.21. The second-order valence-corrected chi connectivity index (χ2v) is 7.96. The van der Waals surface area contributed by atoms with Gasteiger partial charge < -0.3 is 29.7 Å². The summed E-state index contributed by atoms with van der Waals surface area (Å²) in [5, 5.41) is 21.4. The molecular weight excluding hydrogens is 370 g/mol. The number of aliphatic hydroxyl groups excluding tert-OH is 1. The van der Waals surface area contributed by atoms with Crippen molar-refractivity contribution in [2.24, 2.45) is 0 Å². The Bertz CT molecular complexity index is 733. The van der Waals surface area contributed by atoms with Gasteiger partial charge in [0, 0.05) is 25.1 Å². The average Bonchev–Trinajstić information content (AvgIpc) is 3.21. The number of rotatable bonds is 8. The molecule has 0 radical (unpaired) electrons. The zero-order chi connectivity index (χ0) is 19.9. The van der Waals surface area contributed by atoms with Crippen LogP contribution in [0.3, 0.4) is 0 Å². The third-order valence-electron chi connectivity index (χ3n) is 5.70. The Morgan fingerprint density at radius 1 is 1.14 bits per heavy atom. The number of benzene rings is 1. The summed E-state index contributed by atoms with van der Waals surface area (Å²) < 4.78 is 17.3. The van der Waals surface area contributed by atoms with Crippen LogP contribution in [0.25, 0.3) is 0 Å². The highest BCUT2D eigenvalue weighted by Crippen LogP contribution is 2.23. The Balaban J connectivity index is 1.24. The van der Waals surface area contributed by atoms with Gasteiger partial charge in [-0.15, -0.1) is 0 Å². The first-order valence-electron chi connectivity index (χ1n) is 10.7. The molecule has 0 bridgehead atoms. The summed E-state index contributed by atoms with van der Waals surface area (Å²) in [4.78, 5) is 0. The van der Waals surface area contributed by atoms with E-state index in [-0.39, 0.29) is 12.2 Å². The molecule has 2 fully saturated rings. The third kappa shape index (κ3) is 6.02. The molecule has 2 aliphatic rings. The van der Waals surface area contributed by atoms with Gasteiger partial charge in [-0.25, -0.2) is 0 Å². The second-order valence-electron chi connectivity index (χ2n) is 7.96. The Morgan fingerprint density at radius 2 is 1.97 bits per heavy atom. The van der Waals surface area contributed by atoms with Crippen molar-refractivity contribution in [3.8, 4) is 5.75 Å². The fraction of sp³-hybridized carbons (Fsp3) is 0.591. The maximum absolute atomic E-state index is 10.3. The van der Waals surface area contributed by atoms with Gasteiger partial charge in [-0.1, -0.05) is 23.4 Å². The lowest BCUT2D eigenvalue weighted by molar-refractivity contribution is -0.115. The van der Waals surface area contributed by atoms with Crippen molar-refractivity contribution in [1.29, 1.82) is 0 Å². The van der Waals surface area contributed by atoms with Crippen molar-refractivity contribution in [3.05, 3.63) is 47.9 Å². The molecular formula is C22H31N3O4. The fourth-order valence-electron chi connectivity index (χ4n) is 4.02. The normalized spacial score (nSPS) is 25.8. The molecule has 29 heavy (non-hydrogen) atoms. The number of aromatic nitrogens is 1. The number of para-hydroxylation sites is 1. The maximum Gasteiger partial charge on any atom is 0.174 e. The van der Waals surface area contributed by atoms with E-state index in [1.54, 1.807) is 0 Å². The molecule has 3 atom stereocenters. The van der Waals surface area contributed by atoms with Crippen LogP contribution in [0.15, 0.2) is 40.9 Å². The lowest BCUT2D eigenvalue weighted by Crippen LogP contribution is -2.49. The minimum absolute atomic E-state index is 0.0474. The van der Waals surface area contributed by atoms with Gasteiger partial charge in [0.1, 0.15) is 12.4 Å². The average molecular weight is 402 g/mol. The molecule has 1 aromatic heterocycles. The summed E-state index contributed by atoms with van der Waals surface area (Å²) in [6.45, 7) is 3.15. The van der Waals surface area contributed by atoms with Crippen LogP contribution in [0, 0.1) is 0 Å². The Kier molecular flexibility index (Phi) is 7.16. The van der Waals surface area contributed by atoms with Crippen molar-refractivity contribution in [2.75, 3.05) is 19.6 Å². The molecule has 3 N–H and O–H groups in total. The SMILES string of the molecule is O[C@H]1CC[C@@H](Cc2cc(COc3ccccc3)on2)O[C@@H]1CNC1CCNCC1. The van der Waals surface area contributed by atoms with Gasteiger partial charge in [0.25, 0.3) is 0 Å². The number of aliphatic hydroxyl groups is 1. The van der Waals surface area contributed by atoms with Crippen molar-refractivity contribution in [3.63, 3.8) is 0 Å². The van der Waals surface area contributed by atoms with Crippen LogP contribution in [0.5, 0.6) is 5.75 Å². The second kappa shape index (κ2) is 10.2. The first kappa shape index (κ1) is 20.3. The van der Waals surface area contributed by atoms with E-state index in [1.165, 1.54) is 0 Å². The molecule has 0 spiro atoms. The van der Waals surface area contributed by atoms with Crippen molar-refractivity contribution < 1.29 is 19.1 Å². The van der Waals surface area contributed by atoms with Gasteiger partial charge >= 0.3 is 0 Å². The van der Waals surface area contributed by atoms with Gasteiger partial charge in [0.05, 0.1) is 24.0 Å². The van der Waals surface area contributed by atoms with E-state index in [2.05, 4.69) is 15.8 Å². The van der Waals surface area contributed by atoms with Crippen LogP contribution in [-0.2, 0) is 17.8 Å². The molecule has 0 saturated carbocycles. The molecule has 2 aliphatic heterocycles. The smallest absolute Gasteiger partial charge is 0.174 e. The monoisotopic (exact) mass is 401 g/mol. The third-order valence-corrected chi connectivity index (χ3v) is 5.70. The zero-order valence-electron chi connectivity index (χ0n) is 16.8.